The minimum atomic E-state index is -0.380. The molecule has 0 aliphatic rings. The molecule has 0 radical (unpaired) electrons. The van der Waals surface area contributed by atoms with Crippen molar-refractivity contribution in [1.29, 1.82) is 0 Å². The van der Waals surface area contributed by atoms with E-state index in [1.165, 1.54) is 0 Å². The highest BCUT2D eigenvalue weighted by molar-refractivity contribution is 4.75. The molecule has 0 heterocycles. The van der Waals surface area contributed by atoms with Crippen LogP contribution in [0.2, 0.25) is 0 Å². The Hall–Kier alpha value is -0.120. The third kappa shape index (κ3) is 6.46. The van der Waals surface area contributed by atoms with E-state index in [0.717, 1.165) is 25.7 Å². The van der Waals surface area contributed by atoms with Crippen molar-refractivity contribution >= 4 is 0 Å². The molecule has 0 saturated heterocycles. The van der Waals surface area contributed by atoms with Gasteiger partial charge in [0.15, 0.2) is 0 Å². The highest BCUT2D eigenvalue weighted by Gasteiger charge is 2.23. The fourth-order valence-electron chi connectivity index (χ4n) is 1.67. The Morgan fingerprint density at radius 2 is 1.81 bits per heavy atom. The van der Waals surface area contributed by atoms with Gasteiger partial charge in [0, 0.05) is 13.7 Å². The second-order valence-electron chi connectivity index (χ2n) is 4.85. The predicted octanol–water partition coefficient (Wildman–Crippen LogP) is 2.76. The van der Waals surface area contributed by atoms with Crippen molar-refractivity contribution < 1.29 is 14.6 Å². The molecule has 2 unspecified atom stereocenters. The van der Waals surface area contributed by atoms with Gasteiger partial charge in [0.05, 0.1) is 17.8 Å². The fraction of sp³-hybridized carbons (Fsp3) is 1.00. The third-order valence-electron chi connectivity index (χ3n) is 2.98. The lowest BCUT2D eigenvalue weighted by Gasteiger charge is -2.27. The normalized spacial score (nSPS) is 16.1. The van der Waals surface area contributed by atoms with Crippen LogP contribution in [-0.4, -0.2) is 36.6 Å². The van der Waals surface area contributed by atoms with E-state index in [2.05, 4.69) is 6.92 Å². The summed E-state index contributed by atoms with van der Waals surface area (Å²) in [7, 11) is 1.71. The van der Waals surface area contributed by atoms with E-state index in [4.69, 9.17) is 9.47 Å². The maximum atomic E-state index is 10.0. The summed E-state index contributed by atoms with van der Waals surface area (Å²) in [4.78, 5) is 0. The lowest BCUT2D eigenvalue weighted by Crippen LogP contribution is -2.32. The Kier molecular flexibility index (Phi) is 7.98. The van der Waals surface area contributed by atoms with Gasteiger partial charge < -0.3 is 14.6 Å². The first-order chi connectivity index (χ1) is 7.46. The van der Waals surface area contributed by atoms with Crippen molar-refractivity contribution in [3.63, 3.8) is 0 Å². The first kappa shape index (κ1) is 15.9. The largest absolute Gasteiger partial charge is 0.390 e. The molecule has 0 rings (SSSR count). The van der Waals surface area contributed by atoms with Crippen molar-refractivity contribution in [2.75, 3.05) is 13.7 Å². The summed E-state index contributed by atoms with van der Waals surface area (Å²) in [5.74, 6) is 0. The first-order valence-corrected chi connectivity index (χ1v) is 6.31. The van der Waals surface area contributed by atoms with Gasteiger partial charge in [0.25, 0.3) is 0 Å². The summed E-state index contributed by atoms with van der Waals surface area (Å²) in [6, 6.07) is 0. The quantitative estimate of drug-likeness (QED) is 0.664. The van der Waals surface area contributed by atoms with E-state index in [9.17, 15) is 5.11 Å². The van der Waals surface area contributed by atoms with Gasteiger partial charge >= 0.3 is 0 Å². The molecular weight excluding hydrogens is 204 g/mol. The zero-order valence-corrected chi connectivity index (χ0v) is 11.5. The third-order valence-corrected chi connectivity index (χ3v) is 2.98. The molecule has 0 aliphatic carbocycles. The molecular formula is C13H28O3. The summed E-state index contributed by atoms with van der Waals surface area (Å²) < 4.78 is 10.9. The van der Waals surface area contributed by atoms with Crippen molar-refractivity contribution in [2.45, 2.75) is 71.2 Å². The number of hydrogen-bond donors (Lipinski definition) is 1. The number of rotatable bonds is 9. The van der Waals surface area contributed by atoms with Gasteiger partial charge in [-0.1, -0.05) is 13.3 Å². The standard InChI is InChI=1S/C13H28O3/c1-6-8-12(16-7-2)11(14)9-10-13(3,4)15-5/h11-12,14H,6-10H2,1-5H3. The van der Waals surface area contributed by atoms with E-state index in [1.54, 1.807) is 7.11 Å². The minimum Gasteiger partial charge on any atom is -0.390 e. The summed E-state index contributed by atoms with van der Waals surface area (Å²) in [6.45, 7) is 8.81. The SMILES string of the molecule is CCCC(OCC)C(O)CCC(C)(C)OC. The van der Waals surface area contributed by atoms with Crippen LogP contribution in [0, 0.1) is 0 Å². The molecule has 1 N–H and O–H groups in total. The van der Waals surface area contributed by atoms with Crippen LogP contribution in [0.4, 0.5) is 0 Å². The molecule has 3 nitrogen and oxygen atoms in total. The van der Waals surface area contributed by atoms with Crippen LogP contribution in [0.5, 0.6) is 0 Å². The molecule has 0 saturated carbocycles. The lowest BCUT2D eigenvalue weighted by atomic mass is 9.96. The zero-order valence-electron chi connectivity index (χ0n) is 11.5. The van der Waals surface area contributed by atoms with E-state index >= 15 is 0 Å². The van der Waals surface area contributed by atoms with Gasteiger partial charge in [-0.2, -0.15) is 0 Å². The highest BCUT2D eigenvalue weighted by Crippen LogP contribution is 2.20. The number of methoxy groups -OCH3 is 1. The second kappa shape index (κ2) is 8.04. The molecule has 98 valence electrons. The van der Waals surface area contributed by atoms with Crippen molar-refractivity contribution in [2.24, 2.45) is 0 Å². The lowest BCUT2D eigenvalue weighted by molar-refractivity contribution is -0.0550. The zero-order chi connectivity index (χ0) is 12.6. The van der Waals surface area contributed by atoms with E-state index in [-0.39, 0.29) is 17.8 Å². The Morgan fingerprint density at radius 3 is 2.25 bits per heavy atom. The van der Waals surface area contributed by atoms with E-state index in [0.29, 0.717) is 6.61 Å². The Labute approximate surface area is 100 Å². The van der Waals surface area contributed by atoms with E-state index < -0.39 is 0 Å². The molecule has 0 amide bonds. The maximum Gasteiger partial charge on any atom is 0.0833 e. The summed E-state index contributed by atoms with van der Waals surface area (Å²) in [6.07, 6.45) is 3.12. The minimum absolute atomic E-state index is 0.0253. The summed E-state index contributed by atoms with van der Waals surface area (Å²) >= 11 is 0. The van der Waals surface area contributed by atoms with Crippen LogP contribution in [-0.2, 0) is 9.47 Å². The van der Waals surface area contributed by atoms with E-state index in [1.807, 2.05) is 20.8 Å². The number of ether oxygens (including phenoxy) is 2. The number of aliphatic hydroxyl groups excluding tert-OH is 1. The van der Waals surface area contributed by atoms with Crippen LogP contribution in [0.15, 0.2) is 0 Å². The predicted molar refractivity (Wildman–Crippen MR) is 66.7 cm³/mol. The number of hydrogen-bond acceptors (Lipinski definition) is 3. The van der Waals surface area contributed by atoms with Crippen LogP contribution in [0.3, 0.4) is 0 Å². The topological polar surface area (TPSA) is 38.7 Å². The first-order valence-electron chi connectivity index (χ1n) is 6.31. The molecule has 0 spiro atoms. The van der Waals surface area contributed by atoms with Gasteiger partial charge in [0.1, 0.15) is 0 Å². The molecule has 0 aromatic rings. The molecule has 2 atom stereocenters. The van der Waals surface area contributed by atoms with Crippen LogP contribution in [0.1, 0.15) is 53.4 Å². The van der Waals surface area contributed by atoms with Gasteiger partial charge in [0.2, 0.25) is 0 Å². The van der Waals surface area contributed by atoms with Crippen LogP contribution < -0.4 is 0 Å². The second-order valence-corrected chi connectivity index (χ2v) is 4.85. The molecule has 16 heavy (non-hydrogen) atoms. The molecule has 0 aromatic carbocycles. The average Bonchev–Trinajstić information content (AvgIpc) is 2.26. The Balaban J connectivity index is 4.04. The van der Waals surface area contributed by atoms with Gasteiger partial charge in [-0.25, -0.2) is 0 Å². The van der Waals surface area contributed by atoms with Crippen molar-refractivity contribution in [3.05, 3.63) is 0 Å². The van der Waals surface area contributed by atoms with Gasteiger partial charge in [-0.05, 0) is 40.0 Å². The number of aliphatic hydroxyl groups is 1. The fourth-order valence-corrected chi connectivity index (χ4v) is 1.67. The molecule has 3 heteroatoms. The maximum absolute atomic E-state index is 10.0. The average molecular weight is 232 g/mol. The van der Waals surface area contributed by atoms with Crippen molar-refractivity contribution in [1.82, 2.24) is 0 Å². The van der Waals surface area contributed by atoms with Crippen LogP contribution in [0.25, 0.3) is 0 Å². The van der Waals surface area contributed by atoms with Crippen molar-refractivity contribution in [3.8, 4) is 0 Å². The smallest absolute Gasteiger partial charge is 0.0833 e. The Bertz CT molecular complexity index is 163. The molecule has 0 aliphatic heterocycles. The van der Waals surface area contributed by atoms with Crippen LogP contribution >= 0.6 is 0 Å². The summed E-state index contributed by atoms with van der Waals surface area (Å²) in [5.41, 5.74) is -0.163. The summed E-state index contributed by atoms with van der Waals surface area (Å²) in [5, 5.41) is 10.0. The van der Waals surface area contributed by atoms with Gasteiger partial charge in [-0.3, -0.25) is 0 Å². The highest BCUT2D eigenvalue weighted by atomic mass is 16.5. The van der Waals surface area contributed by atoms with Gasteiger partial charge in [-0.15, -0.1) is 0 Å². The Morgan fingerprint density at radius 1 is 1.19 bits per heavy atom. The monoisotopic (exact) mass is 232 g/mol. The molecule has 0 bridgehead atoms. The molecule has 0 fully saturated rings. The molecule has 0 aromatic heterocycles.